The summed E-state index contributed by atoms with van der Waals surface area (Å²) in [5.41, 5.74) is 0.850. The molecule has 0 saturated carbocycles. The highest BCUT2D eigenvalue weighted by Gasteiger charge is 2.10. The SMILES string of the molecule is O=C(COC(=O)/C=C/c1ccc([N+](=O)[O-])o1)NCc1ccc(Cl)cc1. The molecule has 8 nitrogen and oxygen atoms in total. The summed E-state index contributed by atoms with van der Waals surface area (Å²) in [4.78, 5) is 32.9. The van der Waals surface area contributed by atoms with Gasteiger partial charge in [0.15, 0.2) is 6.61 Å². The van der Waals surface area contributed by atoms with E-state index in [2.05, 4.69) is 5.32 Å². The van der Waals surface area contributed by atoms with Gasteiger partial charge in [0, 0.05) is 17.6 Å². The van der Waals surface area contributed by atoms with E-state index < -0.39 is 29.3 Å². The van der Waals surface area contributed by atoms with Gasteiger partial charge in [0.2, 0.25) is 0 Å². The molecule has 0 spiro atoms. The van der Waals surface area contributed by atoms with Crippen molar-refractivity contribution in [2.45, 2.75) is 6.54 Å². The Balaban J connectivity index is 1.73. The van der Waals surface area contributed by atoms with E-state index in [1.807, 2.05) is 0 Å². The molecule has 2 rings (SSSR count). The van der Waals surface area contributed by atoms with Crippen LogP contribution in [0.3, 0.4) is 0 Å². The number of carbonyl (C=O) groups excluding carboxylic acids is 2. The molecule has 0 aliphatic carbocycles. The van der Waals surface area contributed by atoms with Gasteiger partial charge in [-0.15, -0.1) is 0 Å². The number of rotatable bonds is 7. The highest BCUT2D eigenvalue weighted by Crippen LogP contribution is 2.16. The summed E-state index contributed by atoms with van der Waals surface area (Å²) in [6.07, 6.45) is 2.22. The number of furan rings is 1. The van der Waals surface area contributed by atoms with Crippen LogP contribution < -0.4 is 5.32 Å². The molecule has 0 fully saturated rings. The first-order valence-electron chi connectivity index (χ1n) is 7.04. The van der Waals surface area contributed by atoms with Crippen LogP contribution in [-0.2, 0) is 20.9 Å². The summed E-state index contributed by atoms with van der Waals surface area (Å²) in [5.74, 6) is -1.56. The maximum absolute atomic E-state index is 11.6. The van der Waals surface area contributed by atoms with Crippen molar-refractivity contribution >= 4 is 35.4 Å². The molecule has 0 atom stereocenters. The van der Waals surface area contributed by atoms with Gasteiger partial charge in [0.05, 0.1) is 6.07 Å². The lowest BCUT2D eigenvalue weighted by molar-refractivity contribution is -0.402. The number of benzene rings is 1. The topological polar surface area (TPSA) is 112 Å². The number of carbonyl (C=O) groups is 2. The zero-order valence-corrected chi connectivity index (χ0v) is 13.6. The maximum atomic E-state index is 11.6. The van der Waals surface area contributed by atoms with Crippen LogP contribution in [-0.4, -0.2) is 23.4 Å². The van der Waals surface area contributed by atoms with E-state index in [0.29, 0.717) is 5.02 Å². The van der Waals surface area contributed by atoms with Crippen LogP contribution in [0.5, 0.6) is 0 Å². The van der Waals surface area contributed by atoms with Crippen LogP contribution in [0.1, 0.15) is 11.3 Å². The Morgan fingerprint density at radius 1 is 1.24 bits per heavy atom. The smallest absolute Gasteiger partial charge is 0.433 e. The molecule has 130 valence electrons. The number of nitrogens with one attached hydrogen (secondary N) is 1. The van der Waals surface area contributed by atoms with Crippen LogP contribution in [0.2, 0.25) is 5.02 Å². The fourth-order valence-electron chi connectivity index (χ4n) is 1.72. The predicted molar refractivity (Wildman–Crippen MR) is 88.7 cm³/mol. The number of halogens is 1. The lowest BCUT2D eigenvalue weighted by Gasteiger charge is -2.05. The molecular formula is C16H13ClN2O6. The second kappa shape index (κ2) is 8.65. The molecule has 0 aliphatic rings. The normalized spacial score (nSPS) is 10.6. The Morgan fingerprint density at radius 3 is 2.60 bits per heavy atom. The first-order valence-corrected chi connectivity index (χ1v) is 7.42. The van der Waals surface area contributed by atoms with Crippen molar-refractivity contribution in [3.63, 3.8) is 0 Å². The Kier molecular flexibility index (Phi) is 6.30. The van der Waals surface area contributed by atoms with E-state index in [4.69, 9.17) is 20.8 Å². The van der Waals surface area contributed by atoms with Gasteiger partial charge in [-0.3, -0.25) is 14.9 Å². The van der Waals surface area contributed by atoms with E-state index in [-0.39, 0.29) is 12.3 Å². The minimum atomic E-state index is -0.777. The third-order valence-corrected chi connectivity index (χ3v) is 3.18. The Morgan fingerprint density at radius 2 is 1.96 bits per heavy atom. The largest absolute Gasteiger partial charge is 0.452 e. The summed E-state index contributed by atoms with van der Waals surface area (Å²) in [7, 11) is 0. The molecule has 0 aliphatic heterocycles. The zero-order chi connectivity index (χ0) is 18.2. The number of esters is 1. The summed E-state index contributed by atoms with van der Waals surface area (Å²) in [6, 6.07) is 9.43. The van der Waals surface area contributed by atoms with Crippen LogP contribution in [0.15, 0.2) is 46.9 Å². The molecule has 9 heteroatoms. The second-order valence-electron chi connectivity index (χ2n) is 4.78. The quantitative estimate of drug-likeness (QED) is 0.350. The number of hydrogen-bond acceptors (Lipinski definition) is 6. The average molecular weight is 365 g/mol. The van der Waals surface area contributed by atoms with Crippen LogP contribution in [0.4, 0.5) is 5.88 Å². The maximum Gasteiger partial charge on any atom is 0.433 e. The van der Waals surface area contributed by atoms with E-state index >= 15 is 0 Å². The summed E-state index contributed by atoms with van der Waals surface area (Å²) in [5, 5.41) is 13.6. The second-order valence-corrected chi connectivity index (χ2v) is 5.21. The van der Waals surface area contributed by atoms with Crippen LogP contribution in [0, 0.1) is 10.1 Å². The third-order valence-electron chi connectivity index (χ3n) is 2.92. The minimum Gasteiger partial charge on any atom is -0.452 e. The Bertz CT molecular complexity index is 797. The summed E-state index contributed by atoms with van der Waals surface area (Å²) < 4.78 is 9.59. The first kappa shape index (κ1) is 18.2. The van der Waals surface area contributed by atoms with Crippen molar-refractivity contribution in [1.29, 1.82) is 0 Å². The lowest BCUT2D eigenvalue weighted by Crippen LogP contribution is -2.28. The van der Waals surface area contributed by atoms with E-state index in [9.17, 15) is 19.7 Å². The molecule has 1 amide bonds. The number of hydrogen-bond donors (Lipinski definition) is 1. The van der Waals surface area contributed by atoms with Gasteiger partial charge < -0.3 is 14.5 Å². The molecule has 1 N–H and O–H groups in total. The molecular weight excluding hydrogens is 352 g/mol. The van der Waals surface area contributed by atoms with Crippen molar-refractivity contribution in [3.8, 4) is 0 Å². The molecule has 1 aromatic carbocycles. The molecule has 0 unspecified atom stereocenters. The van der Waals surface area contributed by atoms with Gasteiger partial charge >= 0.3 is 11.9 Å². The van der Waals surface area contributed by atoms with Crippen molar-refractivity contribution in [1.82, 2.24) is 5.32 Å². The number of nitrogens with zero attached hydrogens (tertiary/aromatic N) is 1. The molecule has 25 heavy (non-hydrogen) atoms. The van der Waals surface area contributed by atoms with Crippen molar-refractivity contribution in [2.75, 3.05) is 6.61 Å². The standard InChI is InChI=1S/C16H13ClN2O6/c17-12-3-1-11(2-4-12)9-18-14(20)10-24-16(21)8-6-13-5-7-15(25-13)19(22)23/h1-8H,9-10H2,(H,18,20)/b8-6+. The fourth-order valence-corrected chi connectivity index (χ4v) is 1.84. The third kappa shape index (κ3) is 6.11. The van der Waals surface area contributed by atoms with Gasteiger partial charge in [-0.25, -0.2) is 4.79 Å². The van der Waals surface area contributed by atoms with E-state index in [1.165, 1.54) is 12.1 Å². The number of ether oxygens (including phenoxy) is 1. The molecule has 0 radical (unpaired) electrons. The molecule has 1 aromatic heterocycles. The highest BCUT2D eigenvalue weighted by molar-refractivity contribution is 6.30. The Hall–Kier alpha value is -3.13. The van der Waals surface area contributed by atoms with Gasteiger partial charge in [0.1, 0.15) is 10.7 Å². The molecule has 0 saturated heterocycles. The van der Waals surface area contributed by atoms with Crippen molar-refractivity contribution in [3.05, 3.63) is 68.9 Å². The van der Waals surface area contributed by atoms with Gasteiger partial charge in [-0.1, -0.05) is 23.7 Å². The number of nitro groups is 1. The average Bonchev–Trinajstić information content (AvgIpc) is 3.07. The Labute approximate surface area is 147 Å². The fraction of sp³-hybridized carbons (Fsp3) is 0.125. The van der Waals surface area contributed by atoms with Gasteiger partial charge in [-0.2, -0.15) is 0 Å². The summed E-state index contributed by atoms with van der Waals surface area (Å²) in [6.45, 7) is -0.172. The van der Waals surface area contributed by atoms with E-state index in [1.54, 1.807) is 24.3 Å². The monoisotopic (exact) mass is 364 g/mol. The summed E-state index contributed by atoms with van der Waals surface area (Å²) >= 11 is 5.76. The van der Waals surface area contributed by atoms with Crippen molar-refractivity contribution < 1.29 is 23.7 Å². The minimum absolute atomic E-state index is 0.121. The first-order chi connectivity index (χ1) is 11.9. The van der Waals surface area contributed by atoms with E-state index in [0.717, 1.165) is 17.7 Å². The van der Waals surface area contributed by atoms with Gasteiger partial charge in [0.25, 0.3) is 5.91 Å². The van der Waals surface area contributed by atoms with Crippen LogP contribution >= 0.6 is 11.6 Å². The lowest BCUT2D eigenvalue weighted by atomic mass is 10.2. The van der Waals surface area contributed by atoms with Crippen LogP contribution in [0.25, 0.3) is 6.08 Å². The molecule has 1 heterocycles. The van der Waals surface area contributed by atoms with Crippen molar-refractivity contribution in [2.24, 2.45) is 0 Å². The molecule has 2 aromatic rings. The predicted octanol–water partition coefficient (Wildman–Crippen LogP) is 2.71. The molecule has 0 bridgehead atoms. The van der Waals surface area contributed by atoms with Gasteiger partial charge in [-0.05, 0) is 29.8 Å². The zero-order valence-electron chi connectivity index (χ0n) is 12.8. The number of amides is 1. The highest BCUT2D eigenvalue weighted by atomic mass is 35.5.